The van der Waals surface area contributed by atoms with Crippen LogP contribution in [0.5, 0.6) is 0 Å². The number of carbonyl (C=O) groups excluding carboxylic acids is 1. The molecule has 1 heterocycles. The first-order valence-electron chi connectivity index (χ1n) is 6.87. The predicted octanol–water partition coefficient (Wildman–Crippen LogP) is 3.24. The maximum Gasteiger partial charge on any atom is 0.258 e. The van der Waals surface area contributed by atoms with Crippen molar-refractivity contribution in [1.29, 1.82) is 0 Å². The zero-order valence-corrected chi connectivity index (χ0v) is 11.8. The molecule has 0 aromatic heterocycles. The molecule has 3 rings (SSSR count). The van der Waals surface area contributed by atoms with Crippen molar-refractivity contribution in [2.75, 3.05) is 23.8 Å². The number of nitrogens with zero attached hydrogens (tertiary/aromatic N) is 1. The Labute approximate surface area is 119 Å². The lowest BCUT2D eigenvalue weighted by Gasteiger charge is -2.18. The summed E-state index contributed by atoms with van der Waals surface area (Å²) >= 11 is 0. The third-order valence-electron chi connectivity index (χ3n) is 3.79. The van der Waals surface area contributed by atoms with Gasteiger partial charge >= 0.3 is 0 Å². The third kappa shape index (κ3) is 2.27. The van der Waals surface area contributed by atoms with Gasteiger partial charge in [-0.15, -0.1) is 0 Å². The molecule has 0 fully saturated rings. The van der Waals surface area contributed by atoms with E-state index in [9.17, 15) is 4.79 Å². The van der Waals surface area contributed by atoms with Crippen LogP contribution in [-0.4, -0.2) is 19.5 Å². The van der Waals surface area contributed by atoms with Gasteiger partial charge in [0.1, 0.15) is 0 Å². The number of rotatable bonds is 2. The largest absolute Gasteiger partial charge is 0.384 e. The van der Waals surface area contributed by atoms with Gasteiger partial charge in [0.25, 0.3) is 5.91 Å². The van der Waals surface area contributed by atoms with E-state index in [0.29, 0.717) is 0 Å². The lowest BCUT2D eigenvalue weighted by atomic mass is 10.1. The summed E-state index contributed by atoms with van der Waals surface area (Å²) in [4.78, 5) is 14.2. The van der Waals surface area contributed by atoms with Crippen molar-refractivity contribution in [3.8, 4) is 0 Å². The number of hydrogen-bond acceptors (Lipinski definition) is 2. The molecular weight excluding hydrogens is 248 g/mol. The molecule has 102 valence electrons. The van der Waals surface area contributed by atoms with Gasteiger partial charge in [-0.3, -0.25) is 4.79 Å². The first kappa shape index (κ1) is 12.7. The second-order valence-corrected chi connectivity index (χ2v) is 5.25. The average Bonchev–Trinajstić information content (AvgIpc) is 2.94. The number of aryl methyl sites for hydroxylation is 1. The Morgan fingerprint density at radius 3 is 2.65 bits per heavy atom. The standard InChI is InChI=1S/C17H18N2O/c1-12-3-7-15(8-4-12)19(2)17(20)14-6-5-13-9-10-18-16(13)11-14/h3-8,11,18H,9-10H2,1-2H3. The molecule has 3 nitrogen and oxygen atoms in total. The van der Waals surface area contributed by atoms with Gasteiger partial charge in [-0.1, -0.05) is 23.8 Å². The van der Waals surface area contributed by atoms with Crippen molar-refractivity contribution in [1.82, 2.24) is 0 Å². The van der Waals surface area contributed by atoms with Crippen molar-refractivity contribution >= 4 is 17.3 Å². The summed E-state index contributed by atoms with van der Waals surface area (Å²) in [5.74, 6) is 0.0188. The van der Waals surface area contributed by atoms with Crippen LogP contribution < -0.4 is 10.2 Å². The normalized spacial score (nSPS) is 12.7. The molecule has 1 N–H and O–H groups in total. The van der Waals surface area contributed by atoms with E-state index in [1.807, 2.05) is 56.4 Å². The molecule has 1 aliphatic rings. The van der Waals surface area contributed by atoms with Gasteiger partial charge in [0.15, 0.2) is 0 Å². The molecule has 2 aromatic carbocycles. The molecule has 0 saturated carbocycles. The van der Waals surface area contributed by atoms with Crippen molar-refractivity contribution < 1.29 is 4.79 Å². The van der Waals surface area contributed by atoms with E-state index in [4.69, 9.17) is 0 Å². The molecule has 20 heavy (non-hydrogen) atoms. The summed E-state index contributed by atoms with van der Waals surface area (Å²) in [6, 6.07) is 13.9. The fourth-order valence-electron chi connectivity index (χ4n) is 2.50. The van der Waals surface area contributed by atoms with Crippen LogP contribution in [0.2, 0.25) is 0 Å². The zero-order chi connectivity index (χ0) is 14.1. The van der Waals surface area contributed by atoms with Gasteiger partial charge in [0.2, 0.25) is 0 Å². The van der Waals surface area contributed by atoms with E-state index in [1.54, 1.807) is 4.90 Å². The van der Waals surface area contributed by atoms with Gasteiger partial charge in [0.05, 0.1) is 0 Å². The Morgan fingerprint density at radius 1 is 1.15 bits per heavy atom. The SMILES string of the molecule is Cc1ccc(N(C)C(=O)c2ccc3c(c2)NCC3)cc1. The first-order chi connectivity index (χ1) is 9.65. The number of fused-ring (bicyclic) bond motifs is 1. The van der Waals surface area contributed by atoms with Crippen molar-refractivity contribution in [2.45, 2.75) is 13.3 Å². The summed E-state index contributed by atoms with van der Waals surface area (Å²) in [7, 11) is 1.81. The van der Waals surface area contributed by atoms with Crippen LogP contribution in [0.15, 0.2) is 42.5 Å². The molecule has 0 bridgehead atoms. The average molecular weight is 266 g/mol. The summed E-state index contributed by atoms with van der Waals surface area (Å²) in [6.45, 7) is 3.00. The van der Waals surface area contributed by atoms with Crippen molar-refractivity contribution in [3.63, 3.8) is 0 Å². The minimum absolute atomic E-state index is 0.0188. The number of nitrogens with one attached hydrogen (secondary N) is 1. The Kier molecular flexibility index (Phi) is 3.18. The monoisotopic (exact) mass is 266 g/mol. The second-order valence-electron chi connectivity index (χ2n) is 5.25. The Bertz CT molecular complexity index is 647. The molecule has 0 saturated heterocycles. The van der Waals surface area contributed by atoms with Gasteiger partial charge in [-0.2, -0.15) is 0 Å². The second kappa shape index (κ2) is 5.00. The van der Waals surface area contributed by atoms with E-state index in [-0.39, 0.29) is 5.91 Å². The Hall–Kier alpha value is -2.29. The van der Waals surface area contributed by atoms with Crippen LogP contribution in [0.1, 0.15) is 21.5 Å². The summed E-state index contributed by atoms with van der Waals surface area (Å²) in [5, 5.41) is 3.31. The molecule has 0 spiro atoms. The van der Waals surface area contributed by atoms with Gasteiger partial charge in [-0.05, 0) is 43.2 Å². The maximum atomic E-state index is 12.5. The van der Waals surface area contributed by atoms with Crippen LogP contribution in [0.25, 0.3) is 0 Å². The van der Waals surface area contributed by atoms with Crippen LogP contribution in [-0.2, 0) is 6.42 Å². The highest BCUT2D eigenvalue weighted by molar-refractivity contribution is 6.06. The van der Waals surface area contributed by atoms with E-state index in [2.05, 4.69) is 5.32 Å². The first-order valence-corrected chi connectivity index (χ1v) is 6.87. The fourth-order valence-corrected chi connectivity index (χ4v) is 2.50. The number of amides is 1. The molecular formula is C17H18N2O. The molecule has 3 heteroatoms. The van der Waals surface area contributed by atoms with Crippen LogP contribution >= 0.6 is 0 Å². The topological polar surface area (TPSA) is 32.3 Å². The quantitative estimate of drug-likeness (QED) is 0.905. The molecule has 0 radical (unpaired) electrons. The Morgan fingerprint density at radius 2 is 1.90 bits per heavy atom. The summed E-state index contributed by atoms with van der Waals surface area (Å²) < 4.78 is 0. The van der Waals surface area contributed by atoms with Crippen LogP contribution in [0.3, 0.4) is 0 Å². The van der Waals surface area contributed by atoms with E-state index in [1.165, 1.54) is 11.1 Å². The van der Waals surface area contributed by atoms with E-state index < -0.39 is 0 Å². The van der Waals surface area contributed by atoms with Crippen molar-refractivity contribution in [2.24, 2.45) is 0 Å². The molecule has 0 unspecified atom stereocenters. The van der Waals surface area contributed by atoms with Gasteiger partial charge in [0, 0.05) is 30.5 Å². The maximum absolute atomic E-state index is 12.5. The van der Waals surface area contributed by atoms with E-state index >= 15 is 0 Å². The van der Waals surface area contributed by atoms with Crippen LogP contribution in [0, 0.1) is 6.92 Å². The molecule has 0 aliphatic carbocycles. The number of hydrogen-bond donors (Lipinski definition) is 1. The minimum Gasteiger partial charge on any atom is -0.384 e. The van der Waals surface area contributed by atoms with Gasteiger partial charge in [-0.25, -0.2) is 0 Å². The lowest BCUT2D eigenvalue weighted by molar-refractivity contribution is 0.0993. The number of benzene rings is 2. The lowest BCUT2D eigenvalue weighted by Crippen LogP contribution is -2.26. The predicted molar refractivity (Wildman–Crippen MR) is 82.5 cm³/mol. The number of anilines is 2. The minimum atomic E-state index is 0.0188. The smallest absolute Gasteiger partial charge is 0.258 e. The number of carbonyl (C=O) groups is 1. The van der Waals surface area contributed by atoms with Crippen LogP contribution in [0.4, 0.5) is 11.4 Å². The molecule has 2 aromatic rings. The highest BCUT2D eigenvalue weighted by Crippen LogP contribution is 2.24. The summed E-state index contributed by atoms with van der Waals surface area (Å²) in [5.41, 5.74) is 5.21. The Balaban J connectivity index is 1.86. The van der Waals surface area contributed by atoms with E-state index in [0.717, 1.165) is 29.9 Å². The molecule has 1 amide bonds. The highest BCUT2D eigenvalue weighted by Gasteiger charge is 2.17. The van der Waals surface area contributed by atoms with Gasteiger partial charge < -0.3 is 10.2 Å². The zero-order valence-electron chi connectivity index (χ0n) is 11.8. The summed E-state index contributed by atoms with van der Waals surface area (Å²) in [6.07, 6.45) is 1.04. The highest BCUT2D eigenvalue weighted by atomic mass is 16.2. The molecule has 0 atom stereocenters. The molecule has 1 aliphatic heterocycles. The third-order valence-corrected chi connectivity index (χ3v) is 3.79. The van der Waals surface area contributed by atoms with Crippen molar-refractivity contribution in [3.05, 3.63) is 59.2 Å². The fraction of sp³-hybridized carbons (Fsp3) is 0.235.